The van der Waals surface area contributed by atoms with E-state index in [2.05, 4.69) is 21.2 Å². The summed E-state index contributed by atoms with van der Waals surface area (Å²) in [5.41, 5.74) is 1.24. The van der Waals surface area contributed by atoms with E-state index in [-0.39, 0.29) is 11.7 Å². The number of amides is 1. The first kappa shape index (κ1) is 7.61. The second kappa shape index (κ2) is 2.48. The third kappa shape index (κ3) is 0.914. The predicted octanol–water partition coefficient (Wildman–Crippen LogP) is 1.40. The van der Waals surface area contributed by atoms with Crippen molar-refractivity contribution in [3.05, 3.63) is 27.7 Å². The highest BCUT2D eigenvalue weighted by molar-refractivity contribution is 9.10. The Labute approximate surface area is 77.5 Å². The molecule has 12 heavy (non-hydrogen) atoms. The summed E-state index contributed by atoms with van der Waals surface area (Å²) in [5.74, 6) is 0.0404. The fraction of sp³-hybridized carbons (Fsp3) is 0.125. The largest absolute Gasteiger partial charge is 0.506 e. The maximum atomic E-state index is 11.1. The summed E-state index contributed by atoms with van der Waals surface area (Å²) < 4.78 is 0.623. The Morgan fingerprint density at radius 3 is 3.00 bits per heavy atom. The molecule has 1 aromatic rings. The molecule has 1 aliphatic rings. The van der Waals surface area contributed by atoms with Crippen LogP contribution in [0.4, 0.5) is 0 Å². The molecule has 0 unspecified atom stereocenters. The number of phenols is 1. The van der Waals surface area contributed by atoms with Crippen LogP contribution in [0.5, 0.6) is 5.75 Å². The van der Waals surface area contributed by atoms with Crippen molar-refractivity contribution in [3.8, 4) is 5.75 Å². The monoisotopic (exact) mass is 227 g/mol. The van der Waals surface area contributed by atoms with Crippen LogP contribution in [0.15, 0.2) is 16.6 Å². The normalized spacial score (nSPS) is 14.2. The molecule has 0 aromatic heterocycles. The van der Waals surface area contributed by atoms with Gasteiger partial charge in [-0.05, 0) is 28.1 Å². The highest BCUT2D eigenvalue weighted by Crippen LogP contribution is 2.32. The molecule has 2 N–H and O–H groups in total. The van der Waals surface area contributed by atoms with Crippen molar-refractivity contribution in [3.63, 3.8) is 0 Å². The molecule has 1 aromatic carbocycles. The number of phenolic OH excluding ortho intramolecular Hbond substituents is 1. The summed E-state index contributed by atoms with van der Waals surface area (Å²) in [6.45, 7) is 0.416. The molecule has 4 heteroatoms. The molecule has 0 fully saturated rings. The number of benzene rings is 1. The lowest BCUT2D eigenvalue weighted by Gasteiger charge is -2.00. The maximum Gasteiger partial charge on any atom is 0.252 e. The summed E-state index contributed by atoms with van der Waals surface area (Å²) in [5, 5.41) is 12.1. The molecule has 0 saturated carbocycles. The second-order valence-corrected chi connectivity index (χ2v) is 3.46. The zero-order valence-electron chi connectivity index (χ0n) is 6.10. The average Bonchev–Trinajstić information content (AvgIpc) is 2.41. The molecule has 0 bridgehead atoms. The Kier molecular flexibility index (Phi) is 1.58. The maximum absolute atomic E-state index is 11.1. The third-order valence-corrected chi connectivity index (χ3v) is 2.54. The lowest BCUT2D eigenvalue weighted by molar-refractivity contribution is 0.0966. The molecule has 3 nitrogen and oxygen atoms in total. The van der Waals surface area contributed by atoms with Gasteiger partial charge in [0.1, 0.15) is 5.75 Å². The SMILES string of the molecule is O=C1NCc2c1ccc(Br)c2O. The van der Waals surface area contributed by atoms with E-state index in [0.717, 1.165) is 0 Å². The third-order valence-electron chi connectivity index (χ3n) is 1.90. The number of halogens is 1. The molecule has 0 saturated heterocycles. The van der Waals surface area contributed by atoms with E-state index < -0.39 is 0 Å². The van der Waals surface area contributed by atoms with Crippen LogP contribution in [0.1, 0.15) is 15.9 Å². The van der Waals surface area contributed by atoms with Gasteiger partial charge in [-0.1, -0.05) is 0 Å². The molecule has 62 valence electrons. The van der Waals surface area contributed by atoms with E-state index in [1.165, 1.54) is 0 Å². The van der Waals surface area contributed by atoms with Crippen LogP contribution in [0.25, 0.3) is 0 Å². The summed E-state index contributed by atoms with van der Waals surface area (Å²) >= 11 is 3.18. The van der Waals surface area contributed by atoms with Crippen molar-refractivity contribution < 1.29 is 9.90 Å². The van der Waals surface area contributed by atoms with Crippen molar-refractivity contribution in [1.29, 1.82) is 0 Å². The van der Waals surface area contributed by atoms with Gasteiger partial charge in [-0.3, -0.25) is 4.79 Å². The summed E-state index contributed by atoms with van der Waals surface area (Å²) in [6, 6.07) is 3.36. The van der Waals surface area contributed by atoms with E-state index in [4.69, 9.17) is 0 Å². The molecule has 1 amide bonds. The predicted molar refractivity (Wildman–Crippen MR) is 47.0 cm³/mol. The lowest BCUT2D eigenvalue weighted by Crippen LogP contribution is -2.12. The second-order valence-electron chi connectivity index (χ2n) is 2.60. The summed E-state index contributed by atoms with van der Waals surface area (Å²) in [7, 11) is 0. The first-order valence-corrected chi connectivity index (χ1v) is 4.28. The van der Waals surface area contributed by atoms with Gasteiger partial charge in [0.2, 0.25) is 0 Å². The molecule has 0 aliphatic carbocycles. The van der Waals surface area contributed by atoms with E-state index in [1.54, 1.807) is 12.1 Å². The van der Waals surface area contributed by atoms with Gasteiger partial charge in [-0.15, -0.1) is 0 Å². The van der Waals surface area contributed by atoms with Gasteiger partial charge in [-0.25, -0.2) is 0 Å². The van der Waals surface area contributed by atoms with Crippen molar-refractivity contribution in [1.82, 2.24) is 5.32 Å². The molecular formula is C8H6BrNO2. The molecule has 0 atom stereocenters. The van der Waals surface area contributed by atoms with Gasteiger partial charge >= 0.3 is 0 Å². The van der Waals surface area contributed by atoms with Crippen LogP contribution in [0, 0.1) is 0 Å². The Morgan fingerprint density at radius 2 is 2.25 bits per heavy atom. The minimum absolute atomic E-state index is 0.118. The number of nitrogens with one attached hydrogen (secondary N) is 1. The molecule has 2 rings (SSSR count). The number of carbonyl (C=O) groups is 1. The Bertz CT molecular complexity index is 362. The van der Waals surface area contributed by atoms with Crippen LogP contribution >= 0.6 is 15.9 Å². The van der Waals surface area contributed by atoms with E-state index in [9.17, 15) is 9.90 Å². The minimum Gasteiger partial charge on any atom is -0.506 e. The quantitative estimate of drug-likeness (QED) is 0.705. The summed E-state index contributed by atoms with van der Waals surface area (Å²) in [6.07, 6.45) is 0. The van der Waals surface area contributed by atoms with Crippen molar-refractivity contribution in [2.45, 2.75) is 6.54 Å². The van der Waals surface area contributed by atoms with Crippen LogP contribution < -0.4 is 5.32 Å². The van der Waals surface area contributed by atoms with Gasteiger partial charge in [0.25, 0.3) is 5.91 Å². The van der Waals surface area contributed by atoms with E-state index >= 15 is 0 Å². The van der Waals surface area contributed by atoms with Gasteiger partial charge in [0, 0.05) is 17.7 Å². The zero-order valence-corrected chi connectivity index (χ0v) is 7.68. The first-order chi connectivity index (χ1) is 5.70. The van der Waals surface area contributed by atoms with Crippen molar-refractivity contribution in [2.24, 2.45) is 0 Å². The van der Waals surface area contributed by atoms with Crippen molar-refractivity contribution >= 4 is 21.8 Å². The van der Waals surface area contributed by atoms with Gasteiger partial charge in [0.15, 0.2) is 0 Å². The van der Waals surface area contributed by atoms with Gasteiger partial charge < -0.3 is 10.4 Å². The fourth-order valence-corrected chi connectivity index (χ4v) is 1.63. The van der Waals surface area contributed by atoms with Crippen LogP contribution in [0.2, 0.25) is 0 Å². The number of carbonyl (C=O) groups excluding carboxylic acids is 1. The van der Waals surface area contributed by atoms with E-state index in [0.29, 0.717) is 22.1 Å². The van der Waals surface area contributed by atoms with Gasteiger partial charge in [-0.2, -0.15) is 0 Å². The number of hydrogen-bond acceptors (Lipinski definition) is 2. The van der Waals surface area contributed by atoms with Crippen LogP contribution in [0.3, 0.4) is 0 Å². The Balaban J connectivity index is 2.68. The standard InChI is InChI=1S/C8H6BrNO2/c9-6-2-1-4-5(7(6)11)3-10-8(4)12/h1-2,11H,3H2,(H,10,12). The Hall–Kier alpha value is -1.03. The lowest BCUT2D eigenvalue weighted by atomic mass is 10.1. The zero-order chi connectivity index (χ0) is 8.72. The highest BCUT2D eigenvalue weighted by atomic mass is 79.9. The first-order valence-electron chi connectivity index (χ1n) is 3.48. The summed E-state index contributed by atoms with van der Waals surface area (Å²) in [4.78, 5) is 11.1. The Morgan fingerprint density at radius 1 is 1.50 bits per heavy atom. The molecule has 0 spiro atoms. The number of fused-ring (bicyclic) bond motifs is 1. The molecule has 1 aliphatic heterocycles. The number of rotatable bonds is 0. The van der Waals surface area contributed by atoms with Crippen LogP contribution in [-0.4, -0.2) is 11.0 Å². The number of hydrogen-bond donors (Lipinski definition) is 2. The van der Waals surface area contributed by atoms with Crippen molar-refractivity contribution in [2.75, 3.05) is 0 Å². The van der Waals surface area contributed by atoms with Gasteiger partial charge in [0.05, 0.1) is 4.47 Å². The van der Waals surface area contributed by atoms with E-state index in [1.807, 2.05) is 0 Å². The molecule has 1 heterocycles. The minimum atomic E-state index is -0.118. The molecular weight excluding hydrogens is 222 g/mol. The molecule has 0 radical (unpaired) electrons. The number of aromatic hydroxyl groups is 1. The smallest absolute Gasteiger partial charge is 0.252 e. The fourth-order valence-electron chi connectivity index (χ4n) is 1.26. The topological polar surface area (TPSA) is 49.3 Å². The van der Waals surface area contributed by atoms with Crippen LogP contribution in [-0.2, 0) is 6.54 Å². The highest BCUT2D eigenvalue weighted by Gasteiger charge is 2.22. The average molecular weight is 228 g/mol.